The van der Waals surface area contributed by atoms with Gasteiger partial charge in [-0.3, -0.25) is 4.79 Å². The molecule has 5 heteroatoms. The molecule has 1 amide bonds. The van der Waals surface area contributed by atoms with Crippen molar-refractivity contribution in [3.05, 3.63) is 58.7 Å². The molecule has 5 rings (SSSR count). The van der Waals surface area contributed by atoms with E-state index in [4.69, 9.17) is 10.5 Å². The van der Waals surface area contributed by atoms with Crippen molar-refractivity contribution >= 4 is 11.6 Å². The molecule has 3 aliphatic rings. The molecular formula is C26H33N3O2. The van der Waals surface area contributed by atoms with E-state index in [-0.39, 0.29) is 6.10 Å². The number of hydrogen-bond donors (Lipinski definition) is 1. The van der Waals surface area contributed by atoms with Gasteiger partial charge in [0.25, 0.3) is 0 Å². The summed E-state index contributed by atoms with van der Waals surface area (Å²) < 4.78 is 6.20. The van der Waals surface area contributed by atoms with Gasteiger partial charge in [-0.15, -0.1) is 0 Å². The Morgan fingerprint density at radius 2 is 2.03 bits per heavy atom. The number of carbonyl (C=O) groups is 1. The second-order valence-corrected chi connectivity index (χ2v) is 9.63. The molecule has 2 aromatic carbocycles. The van der Waals surface area contributed by atoms with Crippen molar-refractivity contribution in [1.82, 2.24) is 4.90 Å². The first kappa shape index (κ1) is 20.4. The zero-order valence-electron chi connectivity index (χ0n) is 18.6. The molecule has 3 heterocycles. The molecule has 2 aromatic rings. The molecule has 3 unspecified atom stereocenters. The monoisotopic (exact) mass is 419 g/mol. The molecule has 0 radical (unpaired) electrons. The Kier molecular flexibility index (Phi) is 5.39. The first-order valence-electron chi connectivity index (χ1n) is 11.7. The van der Waals surface area contributed by atoms with Crippen LogP contribution in [0.3, 0.4) is 0 Å². The van der Waals surface area contributed by atoms with E-state index >= 15 is 0 Å². The fraction of sp³-hybridized carbons (Fsp3) is 0.500. The summed E-state index contributed by atoms with van der Waals surface area (Å²) in [7, 11) is 0. The number of likely N-dealkylation sites (tertiary alicyclic amines) is 1. The number of nitrogens with zero attached hydrogens (tertiary/aromatic N) is 2. The summed E-state index contributed by atoms with van der Waals surface area (Å²) >= 11 is 0. The normalized spacial score (nSPS) is 25.6. The van der Waals surface area contributed by atoms with Gasteiger partial charge >= 0.3 is 0 Å². The first-order valence-corrected chi connectivity index (χ1v) is 11.7. The predicted molar refractivity (Wildman–Crippen MR) is 124 cm³/mol. The molecule has 164 valence electrons. The number of hydrogen-bond acceptors (Lipinski definition) is 4. The average molecular weight is 420 g/mol. The van der Waals surface area contributed by atoms with Crippen molar-refractivity contribution < 1.29 is 9.53 Å². The van der Waals surface area contributed by atoms with Crippen molar-refractivity contribution in [3.63, 3.8) is 0 Å². The summed E-state index contributed by atoms with van der Waals surface area (Å²) in [5.41, 5.74) is 10.8. The van der Waals surface area contributed by atoms with Crippen LogP contribution in [0.4, 0.5) is 5.69 Å². The molecule has 0 bridgehead atoms. The number of amides is 1. The Labute approximate surface area is 185 Å². The Bertz CT molecular complexity index is 989. The minimum absolute atomic E-state index is 0.00448. The largest absolute Gasteiger partial charge is 0.485 e. The summed E-state index contributed by atoms with van der Waals surface area (Å²) in [5, 5.41) is 0. The molecule has 5 nitrogen and oxygen atoms in total. The highest BCUT2D eigenvalue weighted by Gasteiger charge is 2.30. The molecule has 2 saturated heterocycles. The van der Waals surface area contributed by atoms with Gasteiger partial charge in [0.15, 0.2) is 0 Å². The third-order valence-electron chi connectivity index (χ3n) is 7.45. The molecule has 3 atom stereocenters. The second-order valence-electron chi connectivity index (χ2n) is 9.63. The fourth-order valence-corrected chi connectivity index (χ4v) is 5.60. The van der Waals surface area contributed by atoms with Gasteiger partial charge in [0.05, 0.1) is 0 Å². The summed E-state index contributed by atoms with van der Waals surface area (Å²) in [6.07, 6.45) is 4.77. The van der Waals surface area contributed by atoms with Gasteiger partial charge in [0.2, 0.25) is 5.91 Å². The van der Waals surface area contributed by atoms with Crippen LogP contribution < -0.4 is 15.4 Å². The number of aryl methyl sites for hydroxylation is 1. The number of primary amides is 1. The molecule has 3 aliphatic heterocycles. The smallest absolute Gasteiger partial charge is 0.248 e. The number of carbonyl (C=O) groups excluding carboxylic acids is 1. The van der Waals surface area contributed by atoms with E-state index in [0.29, 0.717) is 5.56 Å². The third kappa shape index (κ3) is 4.03. The number of anilines is 1. The molecule has 2 fully saturated rings. The third-order valence-corrected chi connectivity index (χ3v) is 7.45. The van der Waals surface area contributed by atoms with E-state index in [2.05, 4.69) is 41.8 Å². The lowest BCUT2D eigenvalue weighted by atomic mass is 9.98. The van der Waals surface area contributed by atoms with Crippen LogP contribution in [0.5, 0.6) is 5.75 Å². The van der Waals surface area contributed by atoms with E-state index in [0.717, 1.165) is 42.8 Å². The van der Waals surface area contributed by atoms with Crippen LogP contribution in [0, 0.1) is 12.8 Å². The van der Waals surface area contributed by atoms with Crippen molar-refractivity contribution in [3.8, 4) is 5.75 Å². The lowest BCUT2D eigenvalue weighted by Crippen LogP contribution is -2.33. The van der Waals surface area contributed by atoms with Gasteiger partial charge in [-0.1, -0.05) is 6.07 Å². The summed E-state index contributed by atoms with van der Waals surface area (Å²) in [5.74, 6) is 1.24. The average Bonchev–Trinajstić information content (AvgIpc) is 3.48. The van der Waals surface area contributed by atoms with Gasteiger partial charge in [-0.2, -0.15) is 0 Å². The molecule has 0 saturated carbocycles. The van der Waals surface area contributed by atoms with E-state index in [1.807, 2.05) is 12.1 Å². The number of fused-ring (bicyclic) bond motifs is 1. The van der Waals surface area contributed by atoms with Gasteiger partial charge < -0.3 is 20.3 Å². The van der Waals surface area contributed by atoms with E-state index in [9.17, 15) is 4.79 Å². The minimum atomic E-state index is -0.394. The number of nitrogens with two attached hydrogens (primary N) is 1. The molecule has 0 aromatic heterocycles. The van der Waals surface area contributed by atoms with Gasteiger partial charge in [-0.25, -0.2) is 0 Å². The lowest BCUT2D eigenvalue weighted by molar-refractivity contribution is 0.1000. The van der Waals surface area contributed by atoms with Crippen LogP contribution in [0.2, 0.25) is 0 Å². The van der Waals surface area contributed by atoms with Gasteiger partial charge in [0, 0.05) is 43.3 Å². The standard InChI is InChI=1S/C26H33N3O2/c1-17-12-22(29-11-9-19(16-29)15-28-10-3-4-18(28)2)6-7-23(17)25-14-21-13-20(26(27)30)5-8-24(21)31-25/h5-8,12-13,18-19,25H,3-4,9-11,14-16H2,1-2H3,(H2,27,30). The highest BCUT2D eigenvalue weighted by atomic mass is 16.5. The van der Waals surface area contributed by atoms with Gasteiger partial charge in [-0.05, 0) is 92.6 Å². The van der Waals surface area contributed by atoms with E-state index < -0.39 is 5.91 Å². The molecule has 0 spiro atoms. The van der Waals surface area contributed by atoms with E-state index in [1.54, 1.807) is 6.07 Å². The topological polar surface area (TPSA) is 58.8 Å². The first-order chi connectivity index (χ1) is 15.0. The molecule has 31 heavy (non-hydrogen) atoms. The maximum absolute atomic E-state index is 11.5. The SMILES string of the molecule is Cc1cc(N2CCC(CN3CCCC3C)C2)ccc1C1Cc2cc(C(N)=O)ccc2O1. The zero-order valence-corrected chi connectivity index (χ0v) is 18.6. The molecule has 0 aliphatic carbocycles. The zero-order chi connectivity index (χ0) is 21.5. The van der Waals surface area contributed by atoms with Crippen molar-refractivity contribution in [2.24, 2.45) is 11.7 Å². The van der Waals surface area contributed by atoms with Crippen LogP contribution in [0.15, 0.2) is 36.4 Å². The summed E-state index contributed by atoms with van der Waals surface area (Å²) in [4.78, 5) is 16.7. The van der Waals surface area contributed by atoms with Crippen LogP contribution in [-0.4, -0.2) is 43.0 Å². The Hall–Kier alpha value is -2.53. The van der Waals surface area contributed by atoms with E-state index in [1.165, 1.54) is 49.2 Å². The molecular weight excluding hydrogens is 386 g/mol. The van der Waals surface area contributed by atoms with Crippen molar-refractivity contribution in [2.45, 2.75) is 51.7 Å². The number of ether oxygens (including phenoxy) is 1. The van der Waals surface area contributed by atoms with Crippen LogP contribution in [0.25, 0.3) is 0 Å². The number of benzene rings is 2. The predicted octanol–water partition coefficient (Wildman–Crippen LogP) is 4.08. The maximum Gasteiger partial charge on any atom is 0.248 e. The summed E-state index contributed by atoms with van der Waals surface area (Å²) in [6.45, 7) is 9.38. The fourth-order valence-electron chi connectivity index (χ4n) is 5.60. The summed E-state index contributed by atoms with van der Waals surface area (Å²) in [6, 6.07) is 13.0. The van der Waals surface area contributed by atoms with Gasteiger partial charge in [0.1, 0.15) is 11.9 Å². The highest BCUT2D eigenvalue weighted by molar-refractivity contribution is 5.93. The van der Waals surface area contributed by atoms with Crippen molar-refractivity contribution in [2.75, 3.05) is 31.1 Å². The molecule has 2 N–H and O–H groups in total. The van der Waals surface area contributed by atoms with Crippen LogP contribution in [-0.2, 0) is 6.42 Å². The van der Waals surface area contributed by atoms with Crippen molar-refractivity contribution in [1.29, 1.82) is 0 Å². The van der Waals surface area contributed by atoms with Crippen LogP contribution in [0.1, 0.15) is 59.3 Å². The minimum Gasteiger partial charge on any atom is -0.485 e. The Morgan fingerprint density at radius 3 is 2.77 bits per heavy atom. The Balaban J connectivity index is 1.25. The highest BCUT2D eigenvalue weighted by Crippen LogP contribution is 2.39. The number of rotatable bonds is 5. The quantitative estimate of drug-likeness (QED) is 0.793. The Morgan fingerprint density at radius 1 is 1.16 bits per heavy atom. The lowest BCUT2D eigenvalue weighted by Gasteiger charge is -2.25. The van der Waals surface area contributed by atoms with Crippen LogP contribution >= 0.6 is 0 Å². The maximum atomic E-state index is 11.5. The second kappa shape index (κ2) is 8.19.